The lowest BCUT2D eigenvalue weighted by Crippen LogP contribution is -1.99. The quantitative estimate of drug-likeness (QED) is 0.152. The number of para-hydroxylation sites is 8. The van der Waals surface area contributed by atoms with Crippen LogP contribution in [0.15, 0.2) is 364 Å². The van der Waals surface area contributed by atoms with Crippen LogP contribution in [-0.2, 0) is 0 Å². The molecule has 0 N–H and O–H groups in total. The lowest BCUT2D eigenvalue weighted by Gasteiger charge is -2.15. The summed E-state index contributed by atoms with van der Waals surface area (Å²) in [6, 6.07) is 135. The van der Waals surface area contributed by atoms with Gasteiger partial charge in [0.2, 0.25) is 0 Å². The molecule has 0 atom stereocenters. The van der Waals surface area contributed by atoms with Crippen molar-refractivity contribution in [3.63, 3.8) is 0 Å². The molecule has 0 bridgehead atoms. The molecule has 8 heteroatoms. The number of aromatic nitrogens is 8. The van der Waals surface area contributed by atoms with Gasteiger partial charge >= 0.3 is 0 Å². The molecule has 0 fully saturated rings. The second-order valence-electron chi connectivity index (χ2n) is 30.3. The normalized spacial score (nSPS) is 12.5. The highest BCUT2D eigenvalue weighted by Gasteiger charge is 2.33. The summed E-state index contributed by atoms with van der Waals surface area (Å²) in [5.74, 6) is 0. The Morgan fingerprint density at radius 2 is 0.402 bits per heavy atom. The van der Waals surface area contributed by atoms with Crippen molar-refractivity contribution in [2.75, 3.05) is 0 Å². The zero-order valence-corrected chi connectivity index (χ0v) is 60.2. The summed E-state index contributed by atoms with van der Waals surface area (Å²) >= 11 is 0. The number of nitrogens with zero attached hydrogens (tertiary/aromatic N) is 8. The highest BCUT2D eigenvalue weighted by molar-refractivity contribution is 6.40. The van der Waals surface area contributed by atoms with Gasteiger partial charge in [0.25, 0.3) is 0 Å². The van der Waals surface area contributed by atoms with E-state index in [1.807, 2.05) is 0 Å². The average molecular weight is 1420 g/mol. The topological polar surface area (TPSA) is 54.3 Å². The average Bonchev–Trinajstić information content (AvgIpc) is 1.49. The first-order valence-electron chi connectivity index (χ1n) is 38.5. The molecule has 0 unspecified atom stereocenters. The summed E-state index contributed by atoms with van der Waals surface area (Å²) in [5, 5.41) is 18.6. The molecule has 0 radical (unpaired) electrons. The van der Waals surface area contributed by atoms with Gasteiger partial charge in [0, 0.05) is 120 Å². The van der Waals surface area contributed by atoms with Crippen LogP contribution in [0.3, 0.4) is 0 Å². The Morgan fingerprint density at radius 1 is 0.161 bits per heavy atom. The molecular weight excluding hydrogens is 1360 g/mol. The van der Waals surface area contributed by atoms with E-state index in [4.69, 9.17) is 9.97 Å². The van der Waals surface area contributed by atoms with Gasteiger partial charge in [-0.1, -0.05) is 255 Å². The monoisotopic (exact) mass is 1420 g/mol. The summed E-state index contributed by atoms with van der Waals surface area (Å²) < 4.78 is 15.2. The van der Waals surface area contributed by atoms with E-state index >= 15 is 0 Å². The van der Waals surface area contributed by atoms with Gasteiger partial charge in [0.05, 0.1) is 88.6 Å². The zero-order valence-electron chi connectivity index (χ0n) is 60.2. The maximum absolute atomic E-state index is 6.40. The van der Waals surface area contributed by atoms with Crippen LogP contribution in [-0.4, -0.2) is 37.0 Å². The first kappa shape index (κ1) is 60.0. The third kappa shape index (κ3) is 8.02. The van der Waals surface area contributed by atoms with Gasteiger partial charge in [-0.05, 0) is 131 Å². The van der Waals surface area contributed by atoms with Gasteiger partial charge in [0.15, 0.2) is 0 Å². The molecule has 17 aromatic carbocycles. The smallest absolute Gasteiger partial charge is 0.100 e. The number of hydrogen-bond donors (Lipinski definition) is 0. The van der Waals surface area contributed by atoms with E-state index in [0.29, 0.717) is 0 Å². The van der Waals surface area contributed by atoms with Crippen LogP contribution in [0.2, 0.25) is 0 Å². The van der Waals surface area contributed by atoms with E-state index in [1.165, 1.54) is 65.2 Å². The first-order valence-corrected chi connectivity index (χ1v) is 38.5. The van der Waals surface area contributed by atoms with E-state index in [-0.39, 0.29) is 0 Å². The molecule has 0 aliphatic carbocycles. The number of benzene rings is 17. The molecule has 0 spiro atoms. The summed E-state index contributed by atoms with van der Waals surface area (Å²) in [6.45, 7) is 0. The van der Waals surface area contributed by atoms with Gasteiger partial charge in [-0.25, -0.2) is 9.97 Å². The molecule has 0 saturated heterocycles. The van der Waals surface area contributed by atoms with E-state index < -0.39 is 0 Å². The van der Waals surface area contributed by atoms with E-state index in [9.17, 15) is 0 Å². The van der Waals surface area contributed by atoms with Gasteiger partial charge < -0.3 is 27.1 Å². The Labute approximate surface area is 638 Å². The molecule has 0 amide bonds. The molecule has 0 aliphatic rings. The maximum atomic E-state index is 6.40. The lowest BCUT2D eigenvalue weighted by atomic mass is 9.97. The van der Waals surface area contributed by atoms with Gasteiger partial charge in [0.1, 0.15) is 11.0 Å². The summed E-state index contributed by atoms with van der Waals surface area (Å²) in [5.41, 5.74) is 29.9. The summed E-state index contributed by atoms with van der Waals surface area (Å²) in [4.78, 5) is 12.8. The Bertz CT molecular complexity index is 7830. The highest BCUT2D eigenvalue weighted by atomic mass is 15.0. The number of hydrogen-bond acceptors (Lipinski definition) is 2. The third-order valence-electron chi connectivity index (χ3n) is 24.6. The van der Waals surface area contributed by atoms with Crippen LogP contribution in [0.4, 0.5) is 0 Å². The minimum absolute atomic E-state index is 0.804. The molecule has 112 heavy (non-hydrogen) atoms. The molecule has 516 valence electrons. The van der Waals surface area contributed by atoms with Crippen molar-refractivity contribution in [2.24, 2.45) is 0 Å². The van der Waals surface area contributed by atoms with E-state index in [0.717, 1.165) is 177 Å². The fourth-order valence-electron chi connectivity index (χ4n) is 19.9. The third-order valence-corrected chi connectivity index (χ3v) is 24.6. The van der Waals surface area contributed by atoms with Crippen LogP contribution < -0.4 is 0 Å². The standard InChI is InChI=1S/C104H60N8/c1-3-23-61(24-4-1)63-43-47-65(48-44-63)97-98(66-49-45-64(46-50-66)62-25-5-2-6-26-62)106-100-96-84-60-70(110-91-41-21-13-33-77(91)78-34-14-22-42-92(78)110)58-82-80-56-68(108-87-37-17-9-29-73(87)74-30-10-18-38-88(74)108)52-54-94(80)112(102(82)84)104(96)103-95(99(100)105-97)83-59-69(109-89-39-19-11-31-75(89)76-32-12-20-40-90(76)109)57-81-79-55-67(51-53-93(79)111(103)101(81)83)107-85-35-15-7-27-71(85)72-28-8-16-36-86(72)107/h1-60H. The van der Waals surface area contributed by atoms with Crippen LogP contribution in [0.5, 0.6) is 0 Å². The van der Waals surface area contributed by atoms with Gasteiger partial charge in [-0.3, -0.25) is 0 Å². The maximum Gasteiger partial charge on any atom is 0.100 e. The molecular formula is C104H60N8. The van der Waals surface area contributed by atoms with Crippen LogP contribution in [0, 0.1) is 0 Å². The molecule has 0 aliphatic heterocycles. The zero-order chi connectivity index (χ0) is 72.7. The van der Waals surface area contributed by atoms with Gasteiger partial charge in [-0.15, -0.1) is 0 Å². The Balaban J connectivity index is 0.882. The Kier molecular flexibility index (Phi) is 11.9. The van der Waals surface area contributed by atoms with Crippen molar-refractivity contribution in [1.82, 2.24) is 37.0 Å². The van der Waals surface area contributed by atoms with Gasteiger partial charge in [-0.2, -0.15) is 0 Å². The van der Waals surface area contributed by atoms with Crippen molar-refractivity contribution >= 4 is 174 Å². The molecule has 0 saturated carbocycles. The van der Waals surface area contributed by atoms with Crippen molar-refractivity contribution < 1.29 is 0 Å². The number of rotatable bonds is 8. The Morgan fingerprint density at radius 3 is 0.705 bits per heavy atom. The molecule has 9 heterocycles. The lowest BCUT2D eigenvalue weighted by molar-refractivity contribution is 1.18. The fraction of sp³-hybridized carbons (Fsp3) is 0. The molecule has 26 rings (SSSR count). The van der Waals surface area contributed by atoms with Crippen LogP contribution in [0.1, 0.15) is 0 Å². The Hall–Kier alpha value is -15.1. The van der Waals surface area contributed by atoms with E-state index in [2.05, 4.69) is 391 Å². The minimum Gasteiger partial charge on any atom is -0.309 e. The molecule has 26 aromatic rings. The molecule has 9 aromatic heterocycles. The van der Waals surface area contributed by atoms with Crippen molar-refractivity contribution in [3.8, 4) is 67.5 Å². The van der Waals surface area contributed by atoms with Crippen LogP contribution >= 0.6 is 0 Å². The van der Waals surface area contributed by atoms with E-state index in [1.54, 1.807) is 0 Å². The summed E-state index contributed by atoms with van der Waals surface area (Å²) in [7, 11) is 0. The molecule has 8 nitrogen and oxygen atoms in total. The van der Waals surface area contributed by atoms with Crippen molar-refractivity contribution in [1.29, 1.82) is 0 Å². The minimum atomic E-state index is 0.804. The SMILES string of the molecule is c1ccc(-c2ccc(-c3nc4c(nc3-c3ccc(-c5ccccc5)cc3)c3c5cc(-n6c7ccccc7c7ccccc76)cc6c7cc(-n8c9ccccc9c9ccccc98)ccc7n(c65)c3c3c4c4cc(-n5c6ccccc6c6ccccc65)cc5c6cc(-n7c8ccccc8c8ccccc87)ccc6n3c54)cc2)cc1. The largest absolute Gasteiger partial charge is 0.309 e. The second kappa shape index (κ2) is 22.3. The first-order chi connectivity index (χ1) is 55.6. The predicted octanol–water partition coefficient (Wildman–Crippen LogP) is 27.0. The van der Waals surface area contributed by atoms with Crippen molar-refractivity contribution in [2.45, 2.75) is 0 Å². The predicted molar refractivity (Wildman–Crippen MR) is 468 cm³/mol. The highest BCUT2D eigenvalue weighted by Crippen LogP contribution is 2.53. The van der Waals surface area contributed by atoms with Crippen LogP contribution in [0.25, 0.3) is 242 Å². The number of fused-ring (bicyclic) bond motifs is 28. The second-order valence-corrected chi connectivity index (χ2v) is 30.3. The summed E-state index contributed by atoms with van der Waals surface area (Å²) in [6.07, 6.45) is 0. The van der Waals surface area contributed by atoms with Crippen molar-refractivity contribution in [3.05, 3.63) is 364 Å². The fourth-order valence-corrected chi connectivity index (χ4v) is 19.9.